The maximum Gasteiger partial charge on any atom is 0.267 e. The van der Waals surface area contributed by atoms with Gasteiger partial charge in [0.2, 0.25) is 0 Å². The first-order valence-corrected chi connectivity index (χ1v) is 5.57. The molecule has 88 valence electrons. The van der Waals surface area contributed by atoms with Gasteiger partial charge in [0, 0.05) is 24.3 Å². The van der Waals surface area contributed by atoms with E-state index in [0.717, 1.165) is 19.3 Å². The number of nitrogens with one attached hydrogen (secondary N) is 2. The monoisotopic (exact) mass is 223 g/mol. The third-order valence-corrected chi connectivity index (χ3v) is 3.09. The predicted molar refractivity (Wildman–Crippen MR) is 60.9 cm³/mol. The molecule has 2 rings (SSSR count). The van der Waals surface area contributed by atoms with E-state index in [-0.39, 0.29) is 17.9 Å². The molecule has 1 aliphatic carbocycles. The van der Waals surface area contributed by atoms with Crippen molar-refractivity contribution in [1.29, 1.82) is 0 Å². The molecular weight excluding hydrogens is 206 g/mol. The van der Waals surface area contributed by atoms with E-state index < -0.39 is 0 Å². The minimum absolute atomic E-state index is 0.171. The Kier molecular flexibility index (Phi) is 3.14. The summed E-state index contributed by atoms with van der Waals surface area (Å²) < 4.78 is 0. The van der Waals surface area contributed by atoms with Crippen LogP contribution in [0.5, 0.6) is 0 Å². The number of H-pyrrole nitrogens is 1. The van der Waals surface area contributed by atoms with Gasteiger partial charge in [-0.15, -0.1) is 0 Å². The second-order valence-electron chi connectivity index (χ2n) is 4.32. The number of hydrogen-bond acceptors (Lipinski definition) is 3. The van der Waals surface area contributed by atoms with Gasteiger partial charge in [0.1, 0.15) is 5.69 Å². The average molecular weight is 223 g/mol. The summed E-state index contributed by atoms with van der Waals surface area (Å²) in [5.41, 5.74) is 6.52. The first-order valence-electron chi connectivity index (χ1n) is 5.57. The van der Waals surface area contributed by atoms with Crippen molar-refractivity contribution in [3.63, 3.8) is 0 Å². The molecule has 5 N–H and O–H groups in total. The largest absolute Gasteiger partial charge is 0.397 e. The minimum atomic E-state index is -0.269. The van der Waals surface area contributed by atoms with E-state index in [2.05, 4.69) is 10.3 Å². The molecule has 1 fully saturated rings. The Labute approximate surface area is 94.0 Å². The maximum atomic E-state index is 11.6. The minimum Gasteiger partial charge on any atom is -0.397 e. The number of aliphatic hydroxyl groups excluding tert-OH is 1. The Bertz CT molecular complexity index is 375. The lowest BCUT2D eigenvalue weighted by molar-refractivity contribution is 0.0912. The number of hydrogen-bond donors (Lipinski definition) is 4. The third kappa shape index (κ3) is 2.36. The van der Waals surface area contributed by atoms with Crippen LogP contribution in [0, 0.1) is 5.92 Å². The molecule has 2 atom stereocenters. The molecule has 1 heterocycles. The van der Waals surface area contributed by atoms with Crippen molar-refractivity contribution in [1.82, 2.24) is 10.3 Å². The number of anilines is 1. The predicted octanol–water partition coefficient (Wildman–Crippen LogP) is 0.488. The van der Waals surface area contributed by atoms with Crippen molar-refractivity contribution in [2.24, 2.45) is 5.92 Å². The summed E-state index contributed by atoms with van der Waals surface area (Å²) in [6, 6.07) is 1.60. The smallest absolute Gasteiger partial charge is 0.267 e. The zero-order valence-corrected chi connectivity index (χ0v) is 9.07. The van der Waals surface area contributed by atoms with Crippen molar-refractivity contribution in [3.8, 4) is 0 Å². The Morgan fingerprint density at radius 2 is 2.44 bits per heavy atom. The van der Waals surface area contributed by atoms with E-state index >= 15 is 0 Å². The van der Waals surface area contributed by atoms with E-state index in [1.54, 1.807) is 12.3 Å². The quantitative estimate of drug-likeness (QED) is 0.601. The SMILES string of the molecule is Nc1c[nH]c(C(=O)NCC2CCCC2O)c1. The second kappa shape index (κ2) is 4.57. The number of carbonyl (C=O) groups excluding carboxylic acids is 1. The van der Waals surface area contributed by atoms with Crippen LogP contribution in [0.4, 0.5) is 5.69 Å². The summed E-state index contributed by atoms with van der Waals surface area (Å²) >= 11 is 0. The molecule has 0 aliphatic heterocycles. The number of aliphatic hydroxyl groups is 1. The van der Waals surface area contributed by atoms with Gasteiger partial charge in [0.15, 0.2) is 0 Å². The summed E-state index contributed by atoms with van der Waals surface area (Å²) in [6.45, 7) is 0.527. The Morgan fingerprint density at radius 1 is 1.62 bits per heavy atom. The van der Waals surface area contributed by atoms with Crippen molar-refractivity contribution in [3.05, 3.63) is 18.0 Å². The molecule has 0 bridgehead atoms. The number of rotatable bonds is 3. The molecule has 1 amide bonds. The standard InChI is InChI=1S/C11H17N3O2/c12-8-4-9(13-6-8)11(16)14-5-7-2-1-3-10(7)15/h4,6-7,10,13,15H,1-3,5,12H2,(H,14,16). The Morgan fingerprint density at radius 3 is 3.00 bits per heavy atom. The number of aromatic amines is 1. The number of nitrogens with two attached hydrogens (primary N) is 1. The zero-order valence-electron chi connectivity index (χ0n) is 9.07. The van der Waals surface area contributed by atoms with Crippen LogP contribution >= 0.6 is 0 Å². The highest BCUT2D eigenvalue weighted by atomic mass is 16.3. The van der Waals surface area contributed by atoms with Crippen LogP contribution in [-0.2, 0) is 0 Å². The van der Waals surface area contributed by atoms with Gasteiger partial charge in [-0.25, -0.2) is 0 Å². The van der Waals surface area contributed by atoms with Crippen LogP contribution in [0.25, 0.3) is 0 Å². The molecule has 5 nitrogen and oxygen atoms in total. The molecule has 1 saturated carbocycles. The average Bonchev–Trinajstić information content (AvgIpc) is 2.84. The summed E-state index contributed by atoms with van der Waals surface area (Å²) in [5, 5.41) is 12.4. The van der Waals surface area contributed by atoms with Crippen molar-refractivity contribution < 1.29 is 9.90 Å². The van der Waals surface area contributed by atoms with Gasteiger partial charge in [-0.1, -0.05) is 6.42 Å². The van der Waals surface area contributed by atoms with E-state index in [9.17, 15) is 9.90 Å². The molecule has 0 aromatic carbocycles. The van der Waals surface area contributed by atoms with E-state index in [1.807, 2.05) is 0 Å². The summed E-state index contributed by atoms with van der Waals surface area (Å²) in [6.07, 6.45) is 4.18. The first-order chi connectivity index (χ1) is 7.66. The van der Waals surface area contributed by atoms with Crippen LogP contribution in [0.15, 0.2) is 12.3 Å². The molecule has 0 saturated heterocycles. The topological polar surface area (TPSA) is 91.1 Å². The summed E-state index contributed by atoms with van der Waals surface area (Å²) in [5.74, 6) is 0.0204. The molecule has 0 spiro atoms. The van der Waals surface area contributed by atoms with Gasteiger partial charge in [-0.05, 0) is 18.9 Å². The first kappa shape index (κ1) is 11.0. The van der Waals surface area contributed by atoms with Crippen LogP contribution < -0.4 is 11.1 Å². The molecule has 1 aliphatic rings. The zero-order chi connectivity index (χ0) is 11.5. The van der Waals surface area contributed by atoms with Gasteiger partial charge < -0.3 is 21.1 Å². The number of amides is 1. The molecule has 2 unspecified atom stereocenters. The van der Waals surface area contributed by atoms with Crippen LogP contribution in [0.1, 0.15) is 29.8 Å². The number of carbonyl (C=O) groups is 1. The van der Waals surface area contributed by atoms with Crippen molar-refractivity contribution >= 4 is 11.6 Å². The van der Waals surface area contributed by atoms with Gasteiger partial charge in [-0.2, -0.15) is 0 Å². The highest BCUT2D eigenvalue weighted by molar-refractivity contribution is 5.93. The normalized spacial score (nSPS) is 24.6. The Balaban J connectivity index is 1.84. The van der Waals surface area contributed by atoms with Crippen LogP contribution in [-0.4, -0.2) is 28.6 Å². The Hall–Kier alpha value is -1.49. The lowest BCUT2D eigenvalue weighted by atomic mass is 10.1. The number of nitrogen functional groups attached to an aromatic ring is 1. The fraction of sp³-hybridized carbons (Fsp3) is 0.545. The fourth-order valence-electron chi connectivity index (χ4n) is 2.12. The van der Waals surface area contributed by atoms with Crippen molar-refractivity contribution in [2.45, 2.75) is 25.4 Å². The summed E-state index contributed by atoms with van der Waals surface area (Å²) in [4.78, 5) is 14.4. The van der Waals surface area contributed by atoms with E-state index in [0.29, 0.717) is 17.9 Å². The molecule has 5 heteroatoms. The molecule has 1 aromatic rings. The number of aromatic nitrogens is 1. The van der Waals surface area contributed by atoms with Crippen LogP contribution in [0.2, 0.25) is 0 Å². The third-order valence-electron chi connectivity index (χ3n) is 3.09. The van der Waals surface area contributed by atoms with E-state index in [1.165, 1.54) is 0 Å². The van der Waals surface area contributed by atoms with Crippen LogP contribution in [0.3, 0.4) is 0 Å². The lowest BCUT2D eigenvalue weighted by Crippen LogP contribution is -2.32. The van der Waals surface area contributed by atoms with Gasteiger partial charge in [0.05, 0.1) is 6.10 Å². The van der Waals surface area contributed by atoms with Crippen molar-refractivity contribution in [2.75, 3.05) is 12.3 Å². The lowest BCUT2D eigenvalue weighted by Gasteiger charge is -2.14. The summed E-state index contributed by atoms with van der Waals surface area (Å²) in [7, 11) is 0. The molecule has 1 aromatic heterocycles. The van der Waals surface area contributed by atoms with Gasteiger partial charge in [-0.3, -0.25) is 4.79 Å². The fourth-order valence-corrected chi connectivity index (χ4v) is 2.12. The van der Waals surface area contributed by atoms with Gasteiger partial charge >= 0.3 is 0 Å². The molecule has 16 heavy (non-hydrogen) atoms. The van der Waals surface area contributed by atoms with E-state index in [4.69, 9.17) is 5.73 Å². The highest BCUT2D eigenvalue weighted by Gasteiger charge is 2.25. The molecular formula is C11H17N3O2. The van der Waals surface area contributed by atoms with Gasteiger partial charge in [0.25, 0.3) is 5.91 Å². The second-order valence-corrected chi connectivity index (χ2v) is 4.32. The molecule has 0 radical (unpaired) electrons. The maximum absolute atomic E-state index is 11.6. The highest BCUT2D eigenvalue weighted by Crippen LogP contribution is 2.24.